The lowest BCUT2D eigenvalue weighted by atomic mass is 10.0. The van der Waals surface area contributed by atoms with Crippen LogP contribution in [0.4, 0.5) is 0 Å². The van der Waals surface area contributed by atoms with Gasteiger partial charge in [-0.15, -0.1) is 0 Å². The van der Waals surface area contributed by atoms with Crippen LogP contribution in [0, 0.1) is 0 Å². The summed E-state index contributed by atoms with van der Waals surface area (Å²) in [7, 11) is 1.61. The van der Waals surface area contributed by atoms with E-state index in [9.17, 15) is 0 Å². The Morgan fingerprint density at radius 3 is 2.25 bits per heavy atom. The van der Waals surface area contributed by atoms with Crippen LogP contribution in [0.5, 0.6) is 5.88 Å². The van der Waals surface area contributed by atoms with Crippen LogP contribution < -0.4 is 4.74 Å². The quantitative estimate of drug-likeness (QED) is 0.719. The Balaban J connectivity index is 2.08. The van der Waals surface area contributed by atoms with Crippen molar-refractivity contribution in [2.75, 3.05) is 7.11 Å². The molecule has 0 atom stereocenters. The monoisotopic (exact) mass is 262 g/mol. The predicted molar refractivity (Wildman–Crippen MR) is 79.5 cm³/mol. The highest BCUT2D eigenvalue weighted by Crippen LogP contribution is 2.29. The third kappa shape index (κ3) is 2.38. The molecular weight excluding hydrogens is 248 g/mol. The maximum absolute atomic E-state index is 5.27. The van der Waals surface area contributed by atoms with Crippen LogP contribution in [0.1, 0.15) is 0 Å². The Labute approximate surface area is 117 Å². The minimum atomic E-state index is 0.540. The number of methoxy groups -OCH3 is 1. The molecule has 3 heteroatoms. The molecule has 0 saturated carbocycles. The fourth-order valence-corrected chi connectivity index (χ4v) is 2.15. The van der Waals surface area contributed by atoms with E-state index in [1.807, 2.05) is 30.3 Å². The van der Waals surface area contributed by atoms with Gasteiger partial charge in [-0.05, 0) is 17.2 Å². The fourth-order valence-electron chi connectivity index (χ4n) is 2.15. The maximum atomic E-state index is 5.27. The van der Waals surface area contributed by atoms with Crippen molar-refractivity contribution in [1.82, 2.24) is 9.97 Å². The Morgan fingerprint density at radius 2 is 1.45 bits per heavy atom. The van der Waals surface area contributed by atoms with Crippen molar-refractivity contribution >= 4 is 0 Å². The van der Waals surface area contributed by atoms with Gasteiger partial charge < -0.3 is 4.74 Å². The average Bonchev–Trinajstić information content (AvgIpc) is 2.56. The van der Waals surface area contributed by atoms with Crippen molar-refractivity contribution in [3.8, 4) is 28.3 Å². The van der Waals surface area contributed by atoms with Crippen LogP contribution in [0.3, 0.4) is 0 Å². The number of hydrogen-bond acceptors (Lipinski definition) is 3. The minimum absolute atomic E-state index is 0.540. The van der Waals surface area contributed by atoms with Crippen molar-refractivity contribution < 1.29 is 4.74 Å². The summed E-state index contributed by atoms with van der Waals surface area (Å²) in [4.78, 5) is 8.56. The first-order valence-corrected chi connectivity index (χ1v) is 6.39. The Bertz CT molecular complexity index is 711. The van der Waals surface area contributed by atoms with E-state index in [1.54, 1.807) is 19.5 Å². The third-order valence-corrected chi connectivity index (χ3v) is 3.10. The van der Waals surface area contributed by atoms with Crippen molar-refractivity contribution in [2.24, 2.45) is 0 Å². The molecule has 0 saturated heterocycles. The van der Waals surface area contributed by atoms with Crippen LogP contribution >= 0.6 is 0 Å². The van der Waals surface area contributed by atoms with Gasteiger partial charge in [-0.3, -0.25) is 0 Å². The number of hydrogen-bond donors (Lipinski definition) is 0. The molecule has 0 aliphatic rings. The molecule has 3 aromatic rings. The van der Waals surface area contributed by atoms with E-state index in [4.69, 9.17) is 4.74 Å². The fraction of sp³-hybridized carbons (Fsp3) is 0.0588. The summed E-state index contributed by atoms with van der Waals surface area (Å²) < 4.78 is 5.27. The number of benzene rings is 2. The standard InChI is InChI=1S/C17H14N2O/c1-20-17-16(18-10-11-19-17)15-9-5-8-14(12-15)13-6-3-2-4-7-13/h2-12H,1H3. The molecule has 0 bridgehead atoms. The molecule has 0 fully saturated rings. The van der Waals surface area contributed by atoms with E-state index < -0.39 is 0 Å². The SMILES string of the molecule is COc1nccnc1-c1cccc(-c2ccccc2)c1. The zero-order chi connectivity index (χ0) is 13.8. The van der Waals surface area contributed by atoms with E-state index in [2.05, 4.69) is 34.2 Å². The normalized spacial score (nSPS) is 10.2. The number of nitrogens with zero attached hydrogens (tertiary/aromatic N) is 2. The molecule has 3 nitrogen and oxygen atoms in total. The molecule has 3 rings (SSSR count). The van der Waals surface area contributed by atoms with Crippen molar-refractivity contribution in [2.45, 2.75) is 0 Å². The van der Waals surface area contributed by atoms with Gasteiger partial charge in [0.2, 0.25) is 5.88 Å². The third-order valence-electron chi connectivity index (χ3n) is 3.10. The molecule has 0 spiro atoms. The molecule has 0 aliphatic carbocycles. The van der Waals surface area contributed by atoms with E-state index in [0.29, 0.717) is 5.88 Å². The van der Waals surface area contributed by atoms with E-state index in [0.717, 1.165) is 16.8 Å². The number of rotatable bonds is 3. The van der Waals surface area contributed by atoms with Gasteiger partial charge in [0.15, 0.2) is 0 Å². The second-order valence-corrected chi connectivity index (χ2v) is 4.36. The van der Waals surface area contributed by atoms with E-state index in [-0.39, 0.29) is 0 Å². The van der Waals surface area contributed by atoms with Crippen LogP contribution in [0.25, 0.3) is 22.4 Å². The molecule has 98 valence electrons. The summed E-state index contributed by atoms with van der Waals surface area (Å²) in [6.45, 7) is 0. The maximum Gasteiger partial charge on any atom is 0.240 e. The molecule has 0 amide bonds. The van der Waals surface area contributed by atoms with Crippen LogP contribution in [0.15, 0.2) is 67.0 Å². The summed E-state index contributed by atoms with van der Waals surface area (Å²) in [5.41, 5.74) is 4.08. The lowest BCUT2D eigenvalue weighted by molar-refractivity contribution is 0.398. The summed E-state index contributed by atoms with van der Waals surface area (Å²) in [6.07, 6.45) is 3.30. The summed E-state index contributed by atoms with van der Waals surface area (Å²) in [6, 6.07) is 18.5. The van der Waals surface area contributed by atoms with Gasteiger partial charge in [-0.25, -0.2) is 9.97 Å². The van der Waals surface area contributed by atoms with Gasteiger partial charge in [-0.1, -0.05) is 48.5 Å². The smallest absolute Gasteiger partial charge is 0.240 e. The highest BCUT2D eigenvalue weighted by molar-refractivity contribution is 5.73. The van der Waals surface area contributed by atoms with Gasteiger partial charge in [0.25, 0.3) is 0 Å². The van der Waals surface area contributed by atoms with Gasteiger partial charge in [0.05, 0.1) is 7.11 Å². The molecule has 0 N–H and O–H groups in total. The van der Waals surface area contributed by atoms with Crippen LogP contribution in [0.2, 0.25) is 0 Å². The summed E-state index contributed by atoms with van der Waals surface area (Å²) in [5, 5.41) is 0. The molecule has 0 radical (unpaired) electrons. The van der Waals surface area contributed by atoms with Crippen LogP contribution in [-0.4, -0.2) is 17.1 Å². The topological polar surface area (TPSA) is 35.0 Å². The zero-order valence-electron chi connectivity index (χ0n) is 11.2. The number of aromatic nitrogens is 2. The van der Waals surface area contributed by atoms with Gasteiger partial charge >= 0.3 is 0 Å². The molecular formula is C17H14N2O. The Kier molecular flexibility index (Phi) is 3.42. The first kappa shape index (κ1) is 12.4. The first-order valence-electron chi connectivity index (χ1n) is 6.39. The zero-order valence-corrected chi connectivity index (χ0v) is 11.2. The largest absolute Gasteiger partial charge is 0.479 e. The van der Waals surface area contributed by atoms with Gasteiger partial charge in [-0.2, -0.15) is 0 Å². The number of ether oxygens (including phenoxy) is 1. The summed E-state index contributed by atoms with van der Waals surface area (Å²) in [5.74, 6) is 0.540. The Hall–Kier alpha value is -2.68. The van der Waals surface area contributed by atoms with Crippen molar-refractivity contribution in [3.63, 3.8) is 0 Å². The lowest BCUT2D eigenvalue weighted by Crippen LogP contribution is -1.93. The molecule has 0 unspecified atom stereocenters. The Morgan fingerprint density at radius 1 is 0.750 bits per heavy atom. The van der Waals surface area contributed by atoms with Crippen molar-refractivity contribution in [3.05, 3.63) is 67.0 Å². The first-order chi connectivity index (χ1) is 9.88. The van der Waals surface area contributed by atoms with E-state index >= 15 is 0 Å². The van der Waals surface area contributed by atoms with Crippen molar-refractivity contribution in [1.29, 1.82) is 0 Å². The molecule has 1 heterocycles. The van der Waals surface area contributed by atoms with Gasteiger partial charge in [0, 0.05) is 18.0 Å². The molecule has 20 heavy (non-hydrogen) atoms. The minimum Gasteiger partial charge on any atom is -0.479 e. The lowest BCUT2D eigenvalue weighted by Gasteiger charge is -2.08. The van der Waals surface area contributed by atoms with Gasteiger partial charge in [0.1, 0.15) is 5.69 Å². The van der Waals surface area contributed by atoms with E-state index in [1.165, 1.54) is 5.56 Å². The summed E-state index contributed by atoms with van der Waals surface area (Å²) >= 11 is 0. The second kappa shape index (κ2) is 5.53. The average molecular weight is 262 g/mol. The molecule has 0 aliphatic heterocycles. The molecule has 2 aromatic carbocycles. The highest BCUT2D eigenvalue weighted by Gasteiger charge is 2.08. The molecule has 1 aromatic heterocycles. The van der Waals surface area contributed by atoms with Crippen LogP contribution in [-0.2, 0) is 0 Å². The highest BCUT2D eigenvalue weighted by atomic mass is 16.5. The predicted octanol–water partition coefficient (Wildman–Crippen LogP) is 3.82. The second-order valence-electron chi connectivity index (χ2n) is 4.36.